The van der Waals surface area contributed by atoms with Gasteiger partial charge in [0.05, 0.1) is 5.69 Å². The largest absolute Gasteiger partial charge is 0.477 e. The minimum Gasteiger partial charge on any atom is -0.477 e. The number of nitrogens with zero attached hydrogens (tertiary/aromatic N) is 1. The molecule has 18 heavy (non-hydrogen) atoms. The van der Waals surface area contributed by atoms with Gasteiger partial charge in [-0.05, 0) is 18.9 Å². The fourth-order valence-corrected chi connectivity index (χ4v) is 2.17. The number of aromatic carboxylic acids is 1. The zero-order chi connectivity index (χ0) is 13.4. The summed E-state index contributed by atoms with van der Waals surface area (Å²) in [5.74, 6) is -1.87. The lowest BCUT2D eigenvalue weighted by molar-refractivity contribution is -0.130. The number of hydrogen-bond acceptors (Lipinski definition) is 3. The van der Waals surface area contributed by atoms with E-state index in [2.05, 4.69) is 4.98 Å². The average molecular weight is 250 g/mol. The molecule has 0 aromatic carbocycles. The van der Waals surface area contributed by atoms with Crippen LogP contribution in [0.4, 0.5) is 5.69 Å². The molecule has 2 N–H and O–H groups in total. The predicted octanol–water partition coefficient (Wildman–Crippen LogP) is 1.31. The molecule has 6 heteroatoms. The maximum Gasteiger partial charge on any atom is 0.354 e. The number of aryl methyl sites for hydroxylation is 1. The van der Waals surface area contributed by atoms with Crippen LogP contribution in [-0.2, 0) is 9.59 Å². The Hall–Kier alpha value is -2.11. The molecule has 96 valence electrons. The number of amides is 2. The van der Waals surface area contributed by atoms with Gasteiger partial charge < -0.3 is 10.1 Å². The Balaban J connectivity index is 2.45. The number of hydrogen-bond donors (Lipinski definition) is 2. The molecule has 0 unspecified atom stereocenters. The fraction of sp³-hybridized carbons (Fsp3) is 0.417. The van der Waals surface area contributed by atoms with E-state index in [1.54, 1.807) is 6.92 Å². The molecule has 0 bridgehead atoms. The van der Waals surface area contributed by atoms with Crippen molar-refractivity contribution in [3.8, 4) is 0 Å². The Labute approximate surface area is 104 Å². The normalized spacial score (nSPS) is 17.3. The first kappa shape index (κ1) is 12.3. The molecular weight excluding hydrogens is 236 g/mol. The van der Waals surface area contributed by atoms with Crippen LogP contribution in [0, 0.1) is 12.8 Å². The van der Waals surface area contributed by atoms with E-state index in [1.807, 2.05) is 6.92 Å². The van der Waals surface area contributed by atoms with Crippen LogP contribution in [0.25, 0.3) is 0 Å². The fourth-order valence-electron chi connectivity index (χ4n) is 2.17. The summed E-state index contributed by atoms with van der Waals surface area (Å²) in [5.41, 5.74) is 0.618. The number of carboxylic acid groups (broad SMARTS) is 1. The molecule has 1 aliphatic rings. The quantitative estimate of drug-likeness (QED) is 0.774. The van der Waals surface area contributed by atoms with Gasteiger partial charge in [-0.15, -0.1) is 0 Å². The van der Waals surface area contributed by atoms with Crippen molar-refractivity contribution in [2.45, 2.75) is 26.7 Å². The summed E-state index contributed by atoms with van der Waals surface area (Å²) in [4.78, 5) is 38.5. The first-order chi connectivity index (χ1) is 8.40. The number of imide groups is 1. The SMILES string of the molecule is Cc1cc(N2C(=O)CC(C)CC2=O)c(C(=O)O)[nH]1. The Morgan fingerprint density at radius 1 is 1.39 bits per heavy atom. The van der Waals surface area contributed by atoms with Gasteiger partial charge in [0.1, 0.15) is 5.69 Å². The highest BCUT2D eigenvalue weighted by Gasteiger charge is 2.34. The van der Waals surface area contributed by atoms with Crippen molar-refractivity contribution < 1.29 is 19.5 Å². The van der Waals surface area contributed by atoms with E-state index < -0.39 is 5.97 Å². The Bertz CT molecular complexity index is 514. The molecule has 0 spiro atoms. The Morgan fingerprint density at radius 2 is 1.94 bits per heavy atom. The number of aromatic amines is 1. The summed E-state index contributed by atoms with van der Waals surface area (Å²) < 4.78 is 0. The monoisotopic (exact) mass is 250 g/mol. The van der Waals surface area contributed by atoms with E-state index >= 15 is 0 Å². The van der Waals surface area contributed by atoms with Crippen LogP contribution in [0.5, 0.6) is 0 Å². The summed E-state index contributed by atoms with van der Waals surface area (Å²) in [5, 5.41) is 9.05. The Morgan fingerprint density at radius 3 is 2.44 bits per heavy atom. The number of carbonyl (C=O) groups excluding carboxylic acids is 2. The highest BCUT2D eigenvalue weighted by atomic mass is 16.4. The second kappa shape index (κ2) is 4.29. The summed E-state index contributed by atoms with van der Waals surface area (Å²) in [6.07, 6.45) is 0.518. The maximum absolute atomic E-state index is 11.9. The van der Waals surface area contributed by atoms with E-state index in [-0.39, 0.29) is 42.0 Å². The molecule has 1 aliphatic heterocycles. The van der Waals surface area contributed by atoms with Crippen LogP contribution in [0.15, 0.2) is 6.07 Å². The van der Waals surface area contributed by atoms with Gasteiger partial charge in [-0.1, -0.05) is 6.92 Å². The van der Waals surface area contributed by atoms with Gasteiger partial charge in [-0.2, -0.15) is 0 Å². The topological polar surface area (TPSA) is 90.5 Å². The number of nitrogens with one attached hydrogen (secondary N) is 1. The molecule has 0 radical (unpaired) electrons. The molecule has 0 aliphatic carbocycles. The van der Waals surface area contributed by atoms with Crippen molar-refractivity contribution in [1.82, 2.24) is 4.98 Å². The zero-order valence-electron chi connectivity index (χ0n) is 10.2. The van der Waals surface area contributed by atoms with E-state index in [1.165, 1.54) is 6.07 Å². The molecule has 1 aromatic rings. The zero-order valence-corrected chi connectivity index (χ0v) is 10.2. The van der Waals surface area contributed by atoms with Crippen molar-refractivity contribution >= 4 is 23.5 Å². The van der Waals surface area contributed by atoms with E-state index in [9.17, 15) is 14.4 Å². The van der Waals surface area contributed by atoms with Gasteiger partial charge in [0, 0.05) is 18.5 Å². The molecule has 1 fully saturated rings. The van der Waals surface area contributed by atoms with Crippen molar-refractivity contribution in [3.63, 3.8) is 0 Å². The molecule has 2 heterocycles. The molecule has 0 atom stereocenters. The third-order valence-corrected chi connectivity index (χ3v) is 2.93. The average Bonchev–Trinajstić information content (AvgIpc) is 2.58. The van der Waals surface area contributed by atoms with Gasteiger partial charge in [-0.3, -0.25) is 9.59 Å². The number of carboxylic acids is 1. The van der Waals surface area contributed by atoms with E-state index in [0.717, 1.165) is 4.90 Å². The van der Waals surface area contributed by atoms with Gasteiger partial charge in [0.2, 0.25) is 11.8 Å². The van der Waals surface area contributed by atoms with Crippen LogP contribution in [-0.4, -0.2) is 27.9 Å². The van der Waals surface area contributed by atoms with Gasteiger partial charge >= 0.3 is 5.97 Å². The van der Waals surface area contributed by atoms with Crippen molar-refractivity contribution in [2.24, 2.45) is 5.92 Å². The second-order valence-corrected chi connectivity index (χ2v) is 4.65. The first-order valence-electron chi connectivity index (χ1n) is 5.69. The number of piperidine rings is 1. The molecule has 2 rings (SSSR count). The minimum absolute atomic E-state index is 0.00886. The lowest BCUT2D eigenvalue weighted by Gasteiger charge is -2.27. The van der Waals surface area contributed by atoms with Crippen LogP contribution in [0.3, 0.4) is 0 Å². The summed E-state index contributed by atoms with van der Waals surface area (Å²) in [7, 11) is 0. The number of aromatic nitrogens is 1. The molecule has 1 saturated heterocycles. The molecule has 2 amide bonds. The van der Waals surface area contributed by atoms with Gasteiger partial charge in [0.15, 0.2) is 0 Å². The summed E-state index contributed by atoms with van der Waals surface area (Å²) >= 11 is 0. The van der Waals surface area contributed by atoms with Crippen LogP contribution >= 0.6 is 0 Å². The highest BCUT2D eigenvalue weighted by molar-refractivity contribution is 6.18. The third kappa shape index (κ3) is 2.01. The summed E-state index contributed by atoms with van der Waals surface area (Å²) in [6.45, 7) is 3.51. The maximum atomic E-state index is 11.9. The number of anilines is 1. The molecule has 0 saturated carbocycles. The standard InChI is InChI=1S/C12H14N2O4/c1-6-3-9(15)14(10(16)4-6)8-5-7(2)13-11(8)12(17)18/h5-6,13H,3-4H2,1-2H3,(H,17,18). The minimum atomic E-state index is -1.18. The third-order valence-electron chi connectivity index (χ3n) is 2.93. The second-order valence-electron chi connectivity index (χ2n) is 4.65. The molecular formula is C12H14N2O4. The Kier molecular flexibility index (Phi) is 2.94. The van der Waals surface area contributed by atoms with Crippen LogP contribution in [0.1, 0.15) is 35.9 Å². The number of H-pyrrole nitrogens is 1. The smallest absolute Gasteiger partial charge is 0.354 e. The lowest BCUT2D eigenvalue weighted by Crippen LogP contribution is -2.43. The van der Waals surface area contributed by atoms with E-state index in [0.29, 0.717) is 5.69 Å². The lowest BCUT2D eigenvalue weighted by atomic mass is 9.97. The number of rotatable bonds is 2. The molecule has 1 aromatic heterocycles. The van der Waals surface area contributed by atoms with Crippen molar-refractivity contribution in [2.75, 3.05) is 4.90 Å². The predicted molar refractivity (Wildman–Crippen MR) is 63.4 cm³/mol. The number of carbonyl (C=O) groups is 3. The first-order valence-corrected chi connectivity index (χ1v) is 5.69. The van der Waals surface area contributed by atoms with Crippen LogP contribution in [0.2, 0.25) is 0 Å². The molecule has 6 nitrogen and oxygen atoms in total. The highest BCUT2D eigenvalue weighted by Crippen LogP contribution is 2.28. The van der Waals surface area contributed by atoms with Gasteiger partial charge in [0.25, 0.3) is 0 Å². The van der Waals surface area contributed by atoms with Gasteiger partial charge in [-0.25, -0.2) is 9.69 Å². The van der Waals surface area contributed by atoms with Crippen LogP contribution < -0.4 is 4.90 Å². The van der Waals surface area contributed by atoms with E-state index in [4.69, 9.17) is 5.11 Å². The summed E-state index contributed by atoms with van der Waals surface area (Å²) in [6, 6.07) is 1.51. The van der Waals surface area contributed by atoms with Crippen molar-refractivity contribution in [1.29, 1.82) is 0 Å². The van der Waals surface area contributed by atoms with Crippen molar-refractivity contribution in [3.05, 3.63) is 17.5 Å².